The van der Waals surface area contributed by atoms with Crippen LogP contribution in [0.5, 0.6) is 0 Å². The van der Waals surface area contributed by atoms with E-state index in [0.717, 1.165) is 40.1 Å². The molecule has 0 spiro atoms. The highest BCUT2D eigenvalue weighted by Crippen LogP contribution is 2.29. The lowest BCUT2D eigenvalue weighted by Crippen LogP contribution is -2.47. The molecule has 0 aliphatic carbocycles. The minimum absolute atomic E-state index is 0.0708. The molecule has 1 saturated heterocycles. The Balaban J connectivity index is 1.39. The van der Waals surface area contributed by atoms with Crippen LogP contribution >= 0.6 is 0 Å². The van der Waals surface area contributed by atoms with E-state index < -0.39 is 23.7 Å². The summed E-state index contributed by atoms with van der Waals surface area (Å²) in [5, 5.41) is 9.66. The number of carbonyl (C=O) groups is 2. The van der Waals surface area contributed by atoms with E-state index in [1.165, 1.54) is 18.3 Å². The van der Waals surface area contributed by atoms with E-state index in [-0.39, 0.29) is 17.8 Å². The van der Waals surface area contributed by atoms with E-state index in [4.69, 9.17) is 9.72 Å². The standard InChI is InChI=1S/C28H29FN6O5/c1-18(36)40-25(26(38)39)35-24(37)11-14-30-27(35)32(2)21-12-15-33(16-13-21)28-31-22-5-3-4-6-23(22)34(28)17-19-7-9-20(29)10-8-19/h3-11,14,21,25H,12-13,15-17H2,1-2H3,(H,38,39). The zero-order valence-corrected chi connectivity index (χ0v) is 22.1. The number of ether oxygens (including phenoxy) is 1. The van der Waals surface area contributed by atoms with Gasteiger partial charge in [0.05, 0.1) is 17.6 Å². The summed E-state index contributed by atoms with van der Waals surface area (Å²) < 4.78 is 21.5. The fourth-order valence-corrected chi connectivity index (χ4v) is 5.11. The fraction of sp³-hybridized carbons (Fsp3) is 0.321. The third-order valence-electron chi connectivity index (χ3n) is 7.08. The second-order valence-corrected chi connectivity index (χ2v) is 9.70. The second-order valence-electron chi connectivity index (χ2n) is 9.70. The van der Waals surface area contributed by atoms with Gasteiger partial charge in [-0.25, -0.2) is 23.7 Å². The predicted molar refractivity (Wildman–Crippen MR) is 146 cm³/mol. The van der Waals surface area contributed by atoms with Gasteiger partial charge in [0.1, 0.15) is 5.82 Å². The van der Waals surface area contributed by atoms with Gasteiger partial charge in [-0.2, -0.15) is 0 Å². The van der Waals surface area contributed by atoms with Crippen LogP contribution < -0.4 is 15.4 Å². The van der Waals surface area contributed by atoms with Crippen LogP contribution in [0.1, 0.15) is 31.6 Å². The summed E-state index contributed by atoms with van der Waals surface area (Å²) in [6, 6.07) is 15.4. The maximum absolute atomic E-state index is 13.5. The molecule has 1 unspecified atom stereocenters. The second kappa shape index (κ2) is 11.2. The van der Waals surface area contributed by atoms with Gasteiger partial charge < -0.3 is 24.2 Å². The molecule has 2 aromatic heterocycles. The van der Waals surface area contributed by atoms with Crippen LogP contribution in [-0.2, 0) is 20.9 Å². The summed E-state index contributed by atoms with van der Waals surface area (Å²) in [5.41, 5.74) is 2.15. The Morgan fingerprint density at radius 3 is 2.50 bits per heavy atom. The zero-order chi connectivity index (χ0) is 28.4. The van der Waals surface area contributed by atoms with E-state index in [2.05, 4.69) is 14.5 Å². The topological polar surface area (TPSA) is 123 Å². The number of aromatic nitrogens is 4. The molecule has 208 valence electrons. The van der Waals surface area contributed by atoms with Crippen molar-refractivity contribution in [2.75, 3.05) is 29.9 Å². The van der Waals surface area contributed by atoms with Crippen LogP contribution in [0.4, 0.5) is 16.3 Å². The molecule has 12 heteroatoms. The Labute approximate surface area is 229 Å². The molecule has 0 amide bonds. The summed E-state index contributed by atoms with van der Waals surface area (Å²) in [7, 11) is 1.75. The number of nitrogens with zero attached hydrogens (tertiary/aromatic N) is 6. The van der Waals surface area contributed by atoms with Crippen LogP contribution in [0.25, 0.3) is 11.0 Å². The van der Waals surface area contributed by atoms with Gasteiger partial charge in [0.15, 0.2) is 0 Å². The van der Waals surface area contributed by atoms with Gasteiger partial charge in [-0.1, -0.05) is 24.3 Å². The summed E-state index contributed by atoms with van der Waals surface area (Å²) in [6.07, 6.45) is 0.825. The number of piperidine rings is 1. The monoisotopic (exact) mass is 548 g/mol. The maximum atomic E-state index is 13.5. The van der Waals surface area contributed by atoms with Crippen LogP contribution in [0.15, 0.2) is 65.6 Å². The first-order valence-electron chi connectivity index (χ1n) is 12.9. The van der Waals surface area contributed by atoms with Gasteiger partial charge in [0.2, 0.25) is 11.9 Å². The average Bonchev–Trinajstić information content (AvgIpc) is 3.31. The average molecular weight is 549 g/mol. The molecule has 1 atom stereocenters. The molecular weight excluding hydrogens is 519 g/mol. The molecule has 1 aliphatic heterocycles. The lowest BCUT2D eigenvalue weighted by molar-refractivity contribution is -0.169. The molecule has 11 nitrogen and oxygen atoms in total. The highest BCUT2D eigenvalue weighted by atomic mass is 19.1. The van der Waals surface area contributed by atoms with Gasteiger partial charge in [0, 0.05) is 45.4 Å². The first-order chi connectivity index (χ1) is 19.2. The van der Waals surface area contributed by atoms with E-state index in [9.17, 15) is 23.9 Å². The van der Waals surface area contributed by atoms with Gasteiger partial charge >= 0.3 is 11.9 Å². The van der Waals surface area contributed by atoms with Crippen LogP contribution in [-0.4, -0.2) is 62.3 Å². The Bertz CT molecular complexity index is 1590. The number of aliphatic carboxylic acids is 1. The molecule has 4 aromatic rings. The SMILES string of the molecule is CC(=O)OC(C(=O)O)n1c(N(C)C2CCN(c3nc4ccccc4n3Cc3ccc(F)cc3)CC2)nccc1=O. The van der Waals surface area contributed by atoms with Gasteiger partial charge in [-0.05, 0) is 42.7 Å². The highest BCUT2D eigenvalue weighted by Gasteiger charge is 2.32. The molecule has 1 fully saturated rings. The molecule has 40 heavy (non-hydrogen) atoms. The zero-order valence-electron chi connectivity index (χ0n) is 22.1. The summed E-state index contributed by atoms with van der Waals surface area (Å²) >= 11 is 0. The van der Waals surface area contributed by atoms with Crippen molar-refractivity contribution in [2.45, 2.75) is 38.6 Å². The predicted octanol–water partition coefficient (Wildman–Crippen LogP) is 3.03. The number of para-hydroxylation sites is 2. The molecule has 1 aliphatic rings. The Morgan fingerprint density at radius 1 is 1.12 bits per heavy atom. The number of carbonyl (C=O) groups excluding carboxylic acids is 1. The van der Waals surface area contributed by atoms with Crippen LogP contribution in [0.3, 0.4) is 0 Å². The number of hydrogen-bond acceptors (Lipinski definition) is 8. The first-order valence-corrected chi connectivity index (χ1v) is 12.9. The minimum atomic E-state index is -1.83. The molecule has 3 heterocycles. The number of carboxylic acids is 1. The van der Waals surface area contributed by atoms with Gasteiger partial charge in [-0.3, -0.25) is 9.59 Å². The van der Waals surface area contributed by atoms with Crippen molar-refractivity contribution in [3.63, 3.8) is 0 Å². The number of hydrogen-bond donors (Lipinski definition) is 1. The van der Waals surface area contributed by atoms with Crippen molar-refractivity contribution in [2.24, 2.45) is 0 Å². The molecule has 1 N–H and O–H groups in total. The summed E-state index contributed by atoms with van der Waals surface area (Å²) in [6.45, 7) is 2.90. The number of halogens is 1. The van der Waals surface area contributed by atoms with E-state index in [1.54, 1.807) is 24.1 Å². The van der Waals surface area contributed by atoms with Gasteiger partial charge in [0.25, 0.3) is 11.8 Å². The van der Waals surface area contributed by atoms with Crippen molar-refractivity contribution in [1.82, 2.24) is 19.1 Å². The van der Waals surface area contributed by atoms with E-state index in [1.807, 2.05) is 24.3 Å². The number of benzene rings is 2. The first kappa shape index (κ1) is 26.9. The Morgan fingerprint density at radius 2 is 1.82 bits per heavy atom. The number of imidazole rings is 1. The van der Waals surface area contributed by atoms with Crippen LogP contribution in [0, 0.1) is 5.82 Å². The van der Waals surface area contributed by atoms with Crippen molar-refractivity contribution < 1.29 is 23.8 Å². The number of fused-ring (bicyclic) bond motifs is 1. The normalized spacial score (nSPS) is 14.7. The molecular formula is C28H29FN6O5. The summed E-state index contributed by atoms with van der Waals surface area (Å²) in [4.78, 5) is 49.2. The Hall–Kier alpha value is -4.74. The van der Waals surface area contributed by atoms with Crippen molar-refractivity contribution in [3.8, 4) is 0 Å². The number of carboxylic acid groups (broad SMARTS) is 1. The summed E-state index contributed by atoms with van der Waals surface area (Å²) in [5.74, 6) is -1.68. The molecule has 0 bridgehead atoms. The lowest BCUT2D eigenvalue weighted by atomic mass is 10.0. The van der Waals surface area contributed by atoms with Crippen molar-refractivity contribution in [3.05, 3.63) is 82.5 Å². The molecule has 0 radical (unpaired) electrons. The number of anilines is 2. The van der Waals surface area contributed by atoms with Crippen LogP contribution in [0.2, 0.25) is 0 Å². The van der Waals surface area contributed by atoms with E-state index >= 15 is 0 Å². The Kier molecular flexibility index (Phi) is 7.50. The van der Waals surface area contributed by atoms with Crippen molar-refractivity contribution >= 4 is 34.9 Å². The maximum Gasteiger partial charge on any atom is 0.367 e. The van der Waals surface area contributed by atoms with Gasteiger partial charge in [-0.15, -0.1) is 0 Å². The number of rotatable bonds is 8. The smallest absolute Gasteiger partial charge is 0.367 e. The third-order valence-corrected chi connectivity index (χ3v) is 7.08. The molecule has 2 aromatic carbocycles. The minimum Gasteiger partial charge on any atom is -0.477 e. The number of esters is 1. The lowest BCUT2D eigenvalue weighted by Gasteiger charge is -2.38. The highest BCUT2D eigenvalue weighted by molar-refractivity contribution is 5.79. The quantitative estimate of drug-likeness (QED) is 0.331. The fourth-order valence-electron chi connectivity index (χ4n) is 5.11. The largest absolute Gasteiger partial charge is 0.477 e. The molecule has 5 rings (SSSR count). The molecule has 0 saturated carbocycles. The van der Waals surface area contributed by atoms with E-state index in [0.29, 0.717) is 32.5 Å². The third kappa shape index (κ3) is 5.37. The van der Waals surface area contributed by atoms with Crippen molar-refractivity contribution in [1.29, 1.82) is 0 Å².